The third-order valence-electron chi connectivity index (χ3n) is 2.62. The van der Waals surface area contributed by atoms with Gasteiger partial charge in [0.1, 0.15) is 0 Å². The van der Waals surface area contributed by atoms with Gasteiger partial charge in [-0.2, -0.15) is 0 Å². The maximum atomic E-state index is 11.8. The first kappa shape index (κ1) is 12.5. The maximum Gasteiger partial charge on any atom is 0.272 e. The van der Waals surface area contributed by atoms with E-state index in [2.05, 4.69) is 16.7 Å². The Morgan fingerprint density at radius 3 is 3.17 bits per heavy atom. The Hall–Kier alpha value is -1.92. The van der Waals surface area contributed by atoms with Crippen LogP contribution in [0.3, 0.4) is 0 Å². The number of H-pyrrole nitrogens is 1. The van der Waals surface area contributed by atoms with Crippen molar-refractivity contribution in [3.8, 4) is 0 Å². The van der Waals surface area contributed by atoms with Crippen molar-refractivity contribution in [3.05, 3.63) is 47.0 Å². The fourth-order valence-electron chi connectivity index (χ4n) is 1.85. The van der Waals surface area contributed by atoms with Crippen molar-refractivity contribution < 1.29 is 5.11 Å². The lowest BCUT2D eigenvalue weighted by atomic mass is 10.3. The standard InChI is InChI=1S/C12H16N4O2/c1-2-5-15(6-7-17)9-10-8-12(18)16-11(14-10)3-4-13-16/h2-4,8,13,17H,1,5-7,9H2. The molecule has 0 amide bonds. The second kappa shape index (κ2) is 5.61. The van der Waals surface area contributed by atoms with Crippen LogP contribution in [0.1, 0.15) is 5.69 Å². The van der Waals surface area contributed by atoms with Gasteiger partial charge in [-0.15, -0.1) is 6.58 Å². The van der Waals surface area contributed by atoms with E-state index in [9.17, 15) is 4.79 Å². The summed E-state index contributed by atoms with van der Waals surface area (Å²) in [6, 6.07) is 3.24. The van der Waals surface area contributed by atoms with Crippen molar-refractivity contribution in [1.29, 1.82) is 0 Å². The van der Waals surface area contributed by atoms with Crippen LogP contribution in [0.2, 0.25) is 0 Å². The minimum absolute atomic E-state index is 0.0687. The summed E-state index contributed by atoms with van der Waals surface area (Å²) < 4.78 is 1.38. The van der Waals surface area contributed by atoms with Gasteiger partial charge in [0.25, 0.3) is 5.56 Å². The molecule has 2 heterocycles. The van der Waals surface area contributed by atoms with E-state index in [0.29, 0.717) is 31.0 Å². The molecule has 2 aromatic heterocycles. The number of hydrogen-bond acceptors (Lipinski definition) is 4. The Bertz CT molecular complexity index is 587. The van der Waals surface area contributed by atoms with Crippen molar-refractivity contribution >= 4 is 5.65 Å². The van der Waals surface area contributed by atoms with E-state index < -0.39 is 0 Å². The van der Waals surface area contributed by atoms with Crippen molar-refractivity contribution in [2.24, 2.45) is 0 Å². The molecular weight excluding hydrogens is 232 g/mol. The zero-order valence-corrected chi connectivity index (χ0v) is 10.0. The zero-order chi connectivity index (χ0) is 13.0. The van der Waals surface area contributed by atoms with Gasteiger partial charge >= 0.3 is 0 Å². The molecule has 0 aliphatic carbocycles. The fraction of sp³-hybridized carbons (Fsp3) is 0.333. The number of fused-ring (bicyclic) bond motifs is 1. The third-order valence-corrected chi connectivity index (χ3v) is 2.62. The number of rotatable bonds is 6. The topological polar surface area (TPSA) is 73.6 Å². The second-order valence-electron chi connectivity index (χ2n) is 3.99. The molecule has 18 heavy (non-hydrogen) atoms. The number of aliphatic hydroxyl groups is 1. The highest BCUT2D eigenvalue weighted by Gasteiger charge is 2.07. The van der Waals surface area contributed by atoms with E-state index in [1.807, 2.05) is 4.90 Å². The van der Waals surface area contributed by atoms with Crippen LogP contribution in [0.25, 0.3) is 5.65 Å². The smallest absolute Gasteiger partial charge is 0.272 e. The predicted octanol–water partition coefficient (Wildman–Crippen LogP) is 0.00290. The van der Waals surface area contributed by atoms with E-state index in [-0.39, 0.29) is 12.2 Å². The number of nitrogens with zero attached hydrogens (tertiary/aromatic N) is 3. The van der Waals surface area contributed by atoms with Crippen LogP contribution in [-0.2, 0) is 6.54 Å². The van der Waals surface area contributed by atoms with Gasteiger partial charge in [0, 0.05) is 38.0 Å². The molecule has 0 saturated heterocycles. The number of aromatic nitrogens is 3. The predicted molar refractivity (Wildman–Crippen MR) is 68.4 cm³/mol. The van der Waals surface area contributed by atoms with Gasteiger partial charge in [0.15, 0.2) is 5.65 Å². The molecule has 0 fully saturated rings. The summed E-state index contributed by atoms with van der Waals surface area (Å²) in [7, 11) is 0. The molecule has 0 aliphatic heterocycles. The van der Waals surface area contributed by atoms with Crippen LogP contribution in [-0.4, -0.2) is 44.3 Å². The van der Waals surface area contributed by atoms with Crippen LogP contribution in [0.15, 0.2) is 35.8 Å². The first-order chi connectivity index (χ1) is 8.74. The minimum Gasteiger partial charge on any atom is -0.395 e. The lowest BCUT2D eigenvalue weighted by molar-refractivity contribution is 0.202. The van der Waals surface area contributed by atoms with Gasteiger partial charge in [0.05, 0.1) is 12.3 Å². The number of aromatic amines is 1. The summed E-state index contributed by atoms with van der Waals surface area (Å²) in [5, 5.41) is 11.8. The number of hydrogen-bond donors (Lipinski definition) is 2. The summed E-state index contributed by atoms with van der Waals surface area (Å²) >= 11 is 0. The molecule has 96 valence electrons. The lowest BCUT2D eigenvalue weighted by Gasteiger charge is -2.18. The highest BCUT2D eigenvalue weighted by molar-refractivity contribution is 5.36. The van der Waals surface area contributed by atoms with Crippen LogP contribution in [0, 0.1) is 0 Å². The van der Waals surface area contributed by atoms with Gasteiger partial charge in [-0.25, -0.2) is 9.50 Å². The monoisotopic (exact) mass is 248 g/mol. The van der Waals surface area contributed by atoms with Crippen molar-refractivity contribution in [2.75, 3.05) is 19.7 Å². The van der Waals surface area contributed by atoms with E-state index in [1.165, 1.54) is 10.6 Å². The first-order valence-corrected chi connectivity index (χ1v) is 5.75. The molecule has 0 atom stereocenters. The molecular formula is C12H16N4O2. The van der Waals surface area contributed by atoms with E-state index in [0.717, 1.165) is 0 Å². The molecule has 6 nitrogen and oxygen atoms in total. The Balaban J connectivity index is 2.24. The molecule has 0 aromatic carbocycles. The minimum atomic E-state index is -0.137. The van der Waals surface area contributed by atoms with Crippen molar-refractivity contribution in [1.82, 2.24) is 19.5 Å². The van der Waals surface area contributed by atoms with Crippen LogP contribution in [0.5, 0.6) is 0 Å². The van der Waals surface area contributed by atoms with Gasteiger partial charge in [-0.3, -0.25) is 14.8 Å². The quantitative estimate of drug-likeness (QED) is 0.706. The van der Waals surface area contributed by atoms with Gasteiger partial charge in [-0.1, -0.05) is 6.08 Å². The third kappa shape index (κ3) is 2.66. The maximum absolute atomic E-state index is 11.8. The first-order valence-electron chi connectivity index (χ1n) is 5.75. The Morgan fingerprint density at radius 1 is 1.61 bits per heavy atom. The number of nitrogens with one attached hydrogen (secondary N) is 1. The fourth-order valence-corrected chi connectivity index (χ4v) is 1.85. The van der Waals surface area contributed by atoms with Crippen molar-refractivity contribution in [3.63, 3.8) is 0 Å². The summed E-state index contributed by atoms with van der Waals surface area (Å²) in [6.07, 6.45) is 3.43. The average molecular weight is 248 g/mol. The van der Waals surface area contributed by atoms with Crippen molar-refractivity contribution in [2.45, 2.75) is 6.54 Å². The molecule has 2 aromatic rings. The molecule has 0 unspecified atom stereocenters. The second-order valence-corrected chi connectivity index (χ2v) is 3.99. The normalized spacial score (nSPS) is 11.2. The lowest BCUT2D eigenvalue weighted by Crippen LogP contribution is -2.28. The van der Waals surface area contributed by atoms with E-state index in [1.54, 1.807) is 18.3 Å². The molecule has 0 aliphatic rings. The summed E-state index contributed by atoms with van der Waals surface area (Å²) in [5.41, 5.74) is 1.15. The summed E-state index contributed by atoms with van der Waals surface area (Å²) in [5.74, 6) is 0. The number of aliphatic hydroxyl groups excluding tert-OH is 1. The molecule has 0 radical (unpaired) electrons. The van der Waals surface area contributed by atoms with Gasteiger partial charge < -0.3 is 5.11 Å². The molecule has 0 saturated carbocycles. The van der Waals surface area contributed by atoms with Crippen LogP contribution < -0.4 is 5.56 Å². The molecule has 0 spiro atoms. The SMILES string of the molecule is C=CCN(CCO)Cc1cc(=O)n2[nH]ccc2n1. The Morgan fingerprint density at radius 2 is 2.44 bits per heavy atom. The highest BCUT2D eigenvalue weighted by atomic mass is 16.3. The van der Waals surface area contributed by atoms with Gasteiger partial charge in [-0.05, 0) is 0 Å². The van der Waals surface area contributed by atoms with E-state index in [4.69, 9.17) is 5.11 Å². The van der Waals surface area contributed by atoms with E-state index >= 15 is 0 Å². The highest BCUT2D eigenvalue weighted by Crippen LogP contribution is 2.02. The largest absolute Gasteiger partial charge is 0.395 e. The molecule has 2 N–H and O–H groups in total. The molecule has 2 rings (SSSR count). The zero-order valence-electron chi connectivity index (χ0n) is 10.0. The summed E-state index contributed by atoms with van der Waals surface area (Å²) in [6.45, 7) is 5.43. The van der Waals surface area contributed by atoms with Crippen LogP contribution in [0.4, 0.5) is 0 Å². The average Bonchev–Trinajstić information content (AvgIpc) is 2.78. The Kier molecular flexibility index (Phi) is 3.91. The molecule has 6 heteroatoms. The molecule has 0 bridgehead atoms. The summed E-state index contributed by atoms with van der Waals surface area (Å²) in [4.78, 5) is 18.1. The van der Waals surface area contributed by atoms with Gasteiger partial charge in [0.2, 0.25) is 0 Å². The Labute approximate surface area is 104 Å². The van der Waals surface area contributed by atoms with Crippen LogP contribution >= 0.6 is 0 Å².